The lowest BCUT2D eigenvalue weighted by Gasteiger charge is -2.21. The summed E-state index contributed by atoms with van der Waals surface area (Å²) in [5.74, 6) is 0.840. The molecule has 0 aromatic carbocycles. The molecule has 0 N–H and O–H groups in total. The number of aryl methyl sites for hydroxylation is 1. The van der Waals surface area contributed by atoms with Crippen LogP contribution in [0.3, 0.4) is 0 Å². The molecule has 1 aromatic heterocycles. The van der Waals surface area contributed by atoms with E-state index in [9.17, 15) is 0 Å². The van der Waals surface area contributed by atoms with Gasteiger partial charge >= 0.3 is 0 Å². The zero-order valence-electron chi connectivity index (χ0n) is 9.34. The van der Waals surface area contributed by atoms with Gasteiger partial charge in [0.15, 0.2) is 0 Å². The minimum absolute atomic E-state index is 0.530. The van der Waals surface area contributed by atoms with Crippen LogP contribution in [0.5, 0.6) is 0 Å². The van der Waals surface area contributed by atoms with Gasteiger partial charge < -0.3 is 0 Å². The molecule has 1 aliphatic carbocycles. The van der Waals surface area contributed by atoms with E-state index in [0.29, 0.717) is 5.41 Å². The first-order valence-corrected chi connectivity index (χ1v) is 6.43. The predicted molar refractivity (Wildman–Crippen MR) is 61.8 cm³/mol. The highest BCUT2D eigenvalue weighted by Gasteiger charge is 2.49. The Kier molecular flexibility index (Phi) is 2.65. The first kappa shape index (κ1) is 10.2. The van der Waals surface area contributed by atoms with Crippen molar-refractivity contribution in [2.24, 2.45) is 5.92 Å². The molecule has 0 radical (unpaired) electrons. The molecule has 78 valence electrons. The SMILES string of the molecule is CCCC(C)C1(c2cnc(C)s2)CC1. The van der Waals surface area contributed by atoms with Crippen LogP contribution in [0.25, 0.3) is 0 Å². The van der Waals surface area contributed by atoms with Gasteiger partial charge in [-0.1, -0.05) is 26.7 Å². The number of nitrogens with zero attached hydrogens (tertiary/aromatic N) is 1. The van der Waals surface area contributed by atoms with Crippen LogP contribution in [0.15, 0.2) is 6.20 Å². The molecular weight excluding hydrogens is 190 g/mol. The fourth-order valence-corrected chi connectivity index (χ4v) is 3.56. The summed E-state index contributed by atoms with van der Waals surface area (Å²) in [7, 11) is 0. The van der Waals surface area contributed by atoms with Gasteiger partial charge in [-0.3, -0.25) is 0 Å². The first-order chi connectivity index (χ1) is 6.69. The Morgan fingerprint density at radius 2 is 2.29 bits per heavy atom. The van der Waals surface area contributed by atoms with Crippen LogP contribution in [0.2, 0.25) is 0 Å². The Morgan fingerprint density at radius 3 is 2.71 bits per heavy atom. The summed E-state index contributed by atoms with van der Waals surface area (Å²) < 4.78 is 0. The second-order valence-corrected chi connectivity index (χ2v) is 5.82. The molecule has 2 heteroatoms. The fraction of sp³-hybridized carbons (Fsp3) is 0.750. The smallest absolute Gasteiger partial charge is 0.0896 e. The van der Waals surface area contributed by atoms with Crippen LogP contribution in [-0.4, -0.2) is 4.98 Å². The van der Waals surface area contributed by atoms with Crippen LogP contribution >= 0.6 is 11.3 Å². The number of aromatic nitrogens is 1. The van der Waals surface area contributed by atoms with Crippen LogP contribution in [0.1, 0.15) is 49.4 Å². The summed E-state index contributed by atoms with van der Waals surface area (Å²) in [6.07, 6.45) is 7.54. The van der Waals surface area contributed by atoms with Crippen molar-refractivity contribution < 1.29 is 0 Å². The van der Waals surface area contributed by atoms with Crippen LogP contribution < -0.4 is 0 Å². The van der Waals surface area contributed by atoms with E-state index in [1.165, 1.54) is 35.6 Å². The molecule has 1 atom stereocenters. The molecule has 0 bridgehead atoms. The molecule has 1 saturated carbocycles. The average molecular weight is 209 g/mol. The maximum Gasteiger partial charge on any atom is 0.0896 e. The highest BCUT2D eigenvalue weighted by atomic mass is 32.1. The molecule has 1 heterocycles. The van der Waals surface area contributed by atoms with Crippen molar-refractivity contribution >= 4 is 11.3 Å². The number of hydrogen-bond acceptors (Lipinski definition) is 2. The summed E-state index contributed by atoms with van der Waals surface area (Å²) in [5, 5.41) is 1.22. The van der Waals surface area contributed by atoms with Crippen molar-refractivity contribution in [3.05, 3.63) is 16.1 Å². The van der Waals surface area contributed by atoms with Gasteiger partial charge in [-0.15, -0.1) is 11.3 Å². The normalized spacial score (nSPS) is 20.8. The summed E-state index contributed by atoms with van der Waals surface area (Å²) in [6.45, 7) is 6.80. The molecule has 1 fully saturated rings. The molecule has 14 heavy (non-hydrogen) atoms. The van der Waals surface area contributed by atoms with Crippen LogP contribution in [-0.2, 0) is 5.41 Å². The van der Waals surface area contributed by atoms with Gasteiger partial charge in [0.2, 0.25) is 0 Å². The lowest BCUT2D eigenvalue weighted by molar-refractivity contribution is 0.411. The minimum atomic E-state index is 0.530. The highest BCUT2D eigenvalue weighted by Crippen LogP contribution is 2.56. The Hall–Kier alpha value is -0.370. The topological polar surface area (TPSA) is 12.9 Å². The molecule has 0 saturated heterocycles. The zero-order chi connectivity index (χ0) is 10.2. The Morgan fingerprint density at radius 1 is 1.57 bits per heavy atom. The van der Waals surface area contributed by atoms with Crippen molar-refractivity contribution in [1.82, 2.24) is 4.98 Å². The molecule has 1 aromatic rings. The lowest BCUT2D eigenvalue weighted by atomic mass is 9.86. The summed E-state index contributed by atoms with van der Waals surface area (Å²) in [5.41, 5.74) is 0.530. The Bertz CT molecular complexity index is 312. The molecule has 2 rings (SSSR count). The Balaban J connectivity index is 2.16. The Labute approximate surface area is 90.6 Å². The van der Waals surface area contributed by atoms with Crippen molar-refractivity contribution in [3.63, 3.8) is 0 Å². The second kappa shape index (κ2) is 3.65. The van der Waals surface area contributed by atoms with Crippen molar-refractivity contribution in [1.29, 1.82) is 0 Å². The van der Waals surface area contributed by atoms with Crippen LogP contribution in [0, 0.1) is 12.8 Å². The first-order valence-electron chi connectivity index (χ1n) is 5.62. The standard InChI is InChI=1S/C12H19NS/c1-4-5-9(2)12(6-7-12)11-8-13-10(3)14-11/h8-9H,4-7H2,1-3H3. The van der Waals surface area contributed by atoms with Gasteiger partial charge in [-0.05, 0) is 25.7 Å². The van der Waals surface area contributed by atoms with E-state index in [1.807, 2.05) is 11.3 Å². The molecule has 0 aliphatic heterocycles. The zero-order valence-corrected chi connectivity index (χ0v) is 10.2. The third-order valence-corrected chi connectivity index (χ3v) is 4.70. The summed E-state index contributed by atoms with van der Waals surface area (Å²) in [6, 6.07) is 0. The van der Waals surface area contributed by atoms with Gasteiger partial charge in [0, 0.05) is 16.5 Å². The van der Waals surface area contributed by atoms with Gasteiger partial charge in [0.1, 0.15) is 0 Å². The quantitative estimate of drug-likeness (QED) is 0.732. The largest absolute Gasteiger partial charge is 0.250 e. The molecule has 1 aliphatic rings. The molecule has 0 spiro atoms. The van der Waals surface area contributed by atoms with Gasteiger partial charge in [-0.2, -0.15) is 0 Å². The van der Waals surface area contributed by atoms with Crippen LogP contribution in [0.4, 0.5) is 0 Å². The molecule has 0 amide bonds. The van der Waals surface area contributed by atoms with Gasteiger partial charge in [0.25, 0.3) is 0 Å². The molecular formula is C12H19NS. The number of rotatable bonds is 4. The fourth-order valence-electron chi connectivity index (χ4n) is 2.42. The third kappa shape index (κ3) is 1.60. The van der Waals surface area contributed by atoms with Gasteiger partial charge in [0.05, 0.1) is 5.01 Å². The maximum atomic E-state index is 4.38. The number of thiazole rings is 1. The van der Waals surface area contributed by atoms with Crippen molar-refractivity contribution in [3.8, 4) is 0 Å². The number of hydrogen-bond donors (Lipinski definition) is 0. The van der Waals surface area contributed by atoms with E-state index in [2.05, 4.69) is 32.0 Å². The van der Waals surface area contributed by atoms with E-state index in [-0.39, 0.29) is 0 Å². The van der Waals surface area contributed by atoms with E-state index in [4.69, 9.17) is 0 Å². The van der Waals surface area contributed by atoms with Crippen molar-refractivity contribution in [2.75, 3.05) is 0 Å². The van der Waals surface area contributed by atoms with E-state index >= 15 is 0 Å². The lowest BCUT2D eigenvalue weighted by Crippen LogP contribution is -2.15. The molecule has 1 nitrogen and oxygen atoms in total. The second-order valence-electron chi connectivity index (χ2n) is 4.59. The summed E-state index contributed by atoms with van der Waals surface area (Å²) >= 11 is 1.90. The monoisotopic (exact) mass is 209 g/mol. The van der Waals surface area contributed by atoms with Gasteiger partial charge in [-0.25, -0.2) is 4.98 Å². The predicted octanol–water partition coefficient (Wildman–Crippen LogP) is 3.92. The average Bonchev–Trinajstić information content (AvgIpc) is 2.85. The minimum Gasteiger partial charge on any atom is -0.250 e. The highest BCUT2D eigenvalue weighted by molar-refractivity contribution is 7.11. The molecule has 1 unspecified atom stereocenters. The van der Waals surface area contributed by atoms with E-state index < -0.39 is 0 Å². The third-order valence-electron chi connectivity index (χ3n) is 3.57. The summed E-state index contributed by atoms with van der Waals surface area (Å²) in [4.78, 5) is 5.92. The van der Waals surface area contributed by atoms with E-state index in [1.54, 1.807) is 0 Å². The maximum absolute atomic E-state index is 4.38. The van der Waals surface area contributed by atoms with E-state index in [0.717, 1.165) is 5.92 Å². The van der Waals surface area contributed by atoms with Crippen molar-refractivity contribution in [2.45, 2.75) is 51.9 Å².